The van der Waals surface area contributed by atoms with E-state index in [0.29, 0.717) is 5.92 Å². The average Bonchev–Trinajstić information content (AvgIpc) is 2.75. The van der Waals surface area contributed by atoms with Crippen molar-refractivity contribution in [3.05, 3.63) is 72.9 Å². The molecule has 0 radical (unpaired) electrons. The molecule has 0 rings (SSSR count). The van der Waals surface area contributed by atoms with Crippen molar-refractivity contribution in [2.75, 3.05) is 0 Å². The minimum absolute atomic E-state index is 0.224. The van der Waals surface area contributed by atoms with Crippen LogP contribution >= 0.6 is 0 Å². The molecule has 202 valence electrons. The summed E-state index contributed by atoms with van der Waals surface area (Å²) in [5.41, 5.74) is 8.45. The smallest absolute Gasteiger partial charge is 0.0142 e. The molecule has 0 heteroatoms. The van der Waals surface area contributed by atoms with Gasteiger partial charge in [-0.05, 0) is 88.4 Å². The molecular formula is C35H62. The maximum atomic E-state index is 4.26. The van der Waals surface area contributed by atoms with Gasteiger partial charge in [-0.2, -0.15) is 0 Å². The summed E-state index contributed by atoms with van der Waals surface area (Å²) in [5.74, 6) is 0.563. The Morgan fingerprint density at radius 1 is 0.600 bits per heavy atom. The van der Waals surface area contributed by atoms with Gasteiger partial charge in [0.25, 0.3) is 0 Å². The monoisotopic (exact) mass is 482 g/mol. The molecule has 0 N–H and O–H groups in total. The SMILES string of the molecule is C=C(C)CCC(=C)C(C)CC(C)(C)C(=C)CCC.C=C(C)CCC(=C)CCC(C)(C)C(=C)CCC. The van der Waals surface area contributed by atoms with Crippen molar-refractivity contribution >= 4 is 0 Å². The van der Waals surface area contributed by atoms with Crippen LogP contribution < -0.4 is 0 Å². The van der Waals surface area contributed by atoms with Crippen molar-refractivity contribution in [1.29, 1.82) is 0 Å². The van der Waals surface area contributed by atoms with Crippen molar-refractivity contribution in [3.8, 4) is 0 Å². The first-order valence-electron chi connectivity index (χ1n) is 14.0. The Hall–Kier alpha value is -1.56. The quantitative estimate of drug-likeness (QED) is 0.170. The Morgan fingerprint density at radius 3 is 1.46 bits per heavy atom. The van der Waals surface area contributed by atoms with Gasteiger partial charge < -0.3 is 0 Å². The van der Waals surface area contributed by atoms with Crippen molar-refractivity contribution in [1.82, 2.24) is 0 Å². The van der Waals surface area contributed by atoms with E-state index in [4.69, 9.17) is 0 Å². The fourth-order valence-corrected chi connectivity index (χ4v) is 4.14. The van der Waals surface area contributed by atoms with Gasteiger partial charge in [0.15, 0.2) is 0 Å². The van der Waals surface area contributed by atoms with E-state index in [1.165, 1.54) is 52.7 Å². The topological polar surface area (TPSA) is 0 Å². The van der Waals surface area contributed by atoms with Gasteiger partial charge >= 0.3 is 0 Å². The Labute approximate surface area is 222 Å². The second-order valence-corrected chi connectivity index (χ2v) is 12.4. The summed E-state index contributed by atoms with van der Waals surface area (Å²) in [4.78, 5) is 0. The summed E-state index contributed by atoms with van der Waals surface area (Å²) >= 11 is 0. The van der Waals surface area contributed by atoms with Crippen LogP contribution in [0.25, 0.3) is 0 Å². The highest BCUT2D eigenvalue weighted by atomic mass is 14.3. The van der Waals surface area contributed by atoms with Crippen LogP contribution in [-0.2, 0) is 0 Å². The van der Waals surface area contributed by atoms with E-state index in [0.717, 1.165) is 51.4 Å². The molecule has 0 amide bonds. The molecule has 0 aliphatic rings. The highest BCUT2D eigenvalue weighted by Crippen LogP contribution is 2.38. The molecule has 35 heavy (non-hydrogen) atoms. The van der Waals surface area contributed by atoms with Crippen molar-refractivity contribution in [2.24, 2.45) is 16.7 Å². The van der Waals surface area contributed by atoms with Crippen LogP contribution in [0.5, 0.6) is 0 Å². The average molecular weight is 483 g/mol. The first kappa shape index (κ1) is 35.6. The number of rotatable bonds is 18. The normalized spacial score (nSPS) is 12.3. The fourth-order valence-electron chi connectivity index (χ4n) is 4.14. The molecule has 0 aromatic rings. The van der Waals surface area contributed by atoms with Crippen LogP contribution in [0.1, 0.15) is 133 Å². The number of hydrogen-bond donors (Lipinski definition) is 0. The van der Waals surface area contributed by atoms with Gasteiger partial charge in [-0.1, -0.05) is 121 Å². The zero-order valence-electron chi connectivity index (χ0n) is 25.6. The molecule has 0 aliphatic heterocycles. The van der Waals surface area contributed by atoms with Gasteiger partial charge in [-0.25, -0.2) is 0 Å². The summed E-state index contributed by atoms with van der Waals surface area (Å²) in [5, 5.41) is 0. The lowest BCUT2D eigenvalue weighted by Crippen LogP contribution is -2.19. The maximum absolute atomic E-state index is 4.26. The second-order valence-electron chi connectivity index (χ2n) is 12.4. The van der Waals surface area contributed by atoms with Crippen LogP contribution in [0, 0.1) is 16.7 Å². The minimum Gasteiger partial charge on any atom is -0.100 e. The van der Waals surface area contributed by atoms with Crippen LogP contribution in [0.2, 0.25) is 0 Å². The summed E-state index contributed by atoms with van der Waals surface area (Å²) in [6, 6.07) is 0. The van der Waals surface area contributed by atoms with E-state index in [1.807, 2.05) is 0 Å². The first-order chi connectivity index (χ1) is 16.0. The van der Waals surface area contributed by atoms with Gasteiger partial charge in [-0.15, -0.1) is 13.2 Å². The molecule has 0 aromatic carbocycles. The largest absolute Gasteiger partial charge is 0.100 e. The Bertz CT molecular complexity index is 706. The molecule has 0 saturated heterocycles. The Morgan fingerprint density at radius 2 is 1.03 bits per heavy atom. The van der Waals surface area contributed by atoms with Crippen LogP contribution in [0.3, 0.4) is 0 Å². The molecule has 0 bridgehead atoms. The molecule has 0 aliphatic carbocycles. The zero-order valence-corrected chi connectivity index (χ0v) is 25.6. The van der Waals surface area contributed by atoms with Gasteiger partial charge in [-0.3, -0.25) is 0 Å². The third kappa shape index (κ3) is 17.5. The molecule has 1 unspecified atom stereocenters. The highest BCUT2D eigenvalue weighted by molar-refractivity contribution is 5.12. The van der Waals surface area contributed by atoms with Gasteiger partial charge in [0, 0.05) is 0 Å². The summed E-state index contributed by atoms with van der Waals surface area (Å²) in [6.07, 6.45) is 12.4. The lowest BCUT2D eigenvalue weighted by molar-refractivity contribution is 0.342. The fraction of sp³-hybridized carbons (Fsp3) is 0.657. The predicted octanol–water partition coefficient (Wildman–Crippen LogP) is 12.4. The van der Waals surface area contributed by atoms with Crippen molar-refractivity contribution < 1.29 is 0 Å². The third-order valence-corrected chi connectivity index (χ3v) is 7.41. The van der Waals surface area contributed by atoms with Crippen LogP contribution in [-0.4, -0.2) is 0 Å². The molecule has 0 aromatic heterocycles. The van der Waals surface area contributed by atoms with Gasteiger partial charge in [0.2, 0.25) is 0 Å². The Balaban J connectivity index is 0. The van der Waals surface area contributed by atoms with Crippen molar-refractivity contribution in [3.63, 3.8) is 0 Å². The van der Waals surface area contributed by atoms with Crippen molar-refractivity contribution in [2.45, 2.75) is 133 Å². The van der Waals surface area contributed by atoms with E-state index in [1.54, 1.807) is 0 Å². The van der Waals surface area contributed by atoms with E-state index in [2.05, 4.69) is 102 Å². The van der Waals surface area contributed by atoms with Crippen LogP contribution in [0.15, 0.2) is 72.9 Å². The molecule has 0 saturated carbocycles. The van der Waals surface area contributed by atoms with Gasteiger partial charge in [0.05, 0.1) is 0 Å². The second kappa shape index (κ2) is 17.8. The summed E-state index contributed by atoms with van der Waals surface area (Å²) < 4.78 is 0. The number of allylic oxidation sites excluding steroid dienone is 6. The van der Waals surface area contributed by atoms with E-state index >= 15 is 0 Å². The summed E-state index contributed by atoms with van der Waals surface area (Å²) in [6.45, 7) is 44.9. The highest BCUT2D eigenvalue weighted by Gasteiger charge is 2.24. The van der Waals surface area contributed by atoms with E-state index in [9.17, 15) is 0 Å². The molecule has 0 nitrogen and oxygen atoms in total. The standard InChI is InChI=1S/C18H32.C17H30/c1-9-10-17(6)18(7,8)13-16(5)15(4)12-11-14(2)3;1-8-9-16(5)17(6,7)13-12-15(4)11-10-14(2)3/h16H,2,4,6,9-13H2,1,3,5,7-8H3;2,4-5,8-13H2,1,3,6-7H3. The number of hydrogen-bond acceptors (Lipinski definition) is 0. The Kier molecular flexibility index (Phi) is 18.1. The summed E-state index contributed by atoms with van der Waals surface area (Å²) in [7, 11) is 0. The lowest BCUT2D eigenvalue weighted by Gasteiger charge is -2.31. The van der Waals surface area contributed by atoms with E-state index < -0.39 is 0 Å². The molecular weight excluding hydrogens is 420 g/mol. The lowest BCUT2D eigenvalue weighted by atomic mass is 9.74. The molecule has 1 atom stereocenters. The maximum Gasteiger partial charge on any atom is -0.0142 e. The zero-order chi connectivity index (χ0) is 27.8. The third-order valence-electron chi connectivity index (χ3n) is 7.41. The predicted molar refractivity (Wildman–Crippen MR) is 165 cm³/mol. The van der Waals surface area contributed by atoms with E-state index in [-0.39, 0.29) is 10.8 Å². The minimum atomic E-state index is 0.224. The first-order valence-corrected chi connectivity index (χ1v) is 14.0. The van der Waals surface area contributed by atoms with Crippen LogP contribution in [0.4, 0.5) is 0 Å². The molecule has 0 heterocycles. The molecule has 0 spiro atoms. The van der Waals surface area contributed by atoms with Gasteiger partial charge in [0.1, 0.15) is 0 Å². The molecule has 0 fully saturated rings.